The molecule has 9 heteroatoms. The molecule has 3 aromatic heterocycles. The van der Waals surface area contributed by atoms with Gasteiger partial charge >= 0.3 is 0 Å². The van der Waals surface area contributed by atoms with E-state index in [9.17, 15) is 4.39 Å². The molecule has 0 bridgehead atoms. The second-order valence-corrected chi connectivity index (χ2v) is 7.74. The average molecular weight is 441 g/mol. The van der Waals surface area contributed by atoms with E-state index in [2.05, 4.69) is 30.3 Å². The van der Waals surface area contributed by atoms with Gasteiger partial charge in [-0.3, -0.25) is 4.98 Å². The van der Waals surface area contributed by atoms with Crippen molar-refractivity contribution in [3.05, 3.63) is 84.4 Å². The van der Waals surface area contributed by atoms with Crippen LogP contribution in [0.5, 0.6) is 0 Å². The molecule has 0 amide bonds. The van der Waals surface area contributed by atoms with Crippen LogP contribution in [0.4, 0.5) is 4.39 Å². The predicted octanol–water partition coefficient (Wildman–Crippen LogP) is 4.25. The number of para-hydroxylation sites is 1. The summed E-state index contributed by atoms with van der Waals surface area (Å²) >= 11 is 0. The lowest BCUT2D eigenvalue weighted by molar-refractivity contribution is 0.402. The Morgan fingerprint density at radius 1 is 0.939 bits per heavy atom. The first-order valence-electron chi connectivity index (χ1n) is 10.3. The summed E-state index contributed by atoms with van der Waals surface area (Å²) in [6, 6.07) is 17.9. The number of aromatic nitrogens is 6. The largest absolute Gasteiger partial charge is 0.332 e. The molecule has 8 nitrogen and oxygen atoms in total. The van der Waals surface area contributed by atoms with E-state index < -0.39 is 5.82 Å². The highest BCUT2D eigenvalue weighted by molar-refractivity contribution is 5.76. The molecule has 33 heavy (non-hydrogen) atoms. The molecule has 0 saturated heterocycles. The lowest BCUT2D eigenvalue weighted by atomic mass is 10.1. The third-order valence-electron chi connectivity index (χ3n) is 5.04. The van der Waals surface area contributed by atoms with Gasteiger partial charge < -0.3 is 9.42 Å². The van der Waals surface area contributed by atoms with Crippen LogP contribution in [0, 0.1) is 5.82 Å². The van der Waals surface area contributed by atoms with Gasteiger partial charge in [-0.25, -0.2) is 9.07 Å². The van der Waals surface area contributed by atoms with Crippen molar-refractivity contribution in [2.45, 2.75) is 6.54 Å². The fourth-order valence-electron chi connectivity index (χ4n) is 3.55. The highest BCUT2D eigenvalue weighted by Gasteiger charge is 2.24. The SMILES string of the molecule is CN(C)Cc1ccc(-c2noc(-c3nnn(-c4ccccc4F)c3-c3ccncc3)n2)cc1. The van der Waals surface area contributed by atoms with E-state index >= 15 is 0 Å². The quantitative estimate of drug-likeness (QED) is 0.389. The Morgan fingerprint density at radius 3 is 2.42 bits per heavy atom. The standard InChI is InChI=1S/C24H20FN7O/c1-31(2)15-16-7-9-18(10-8-16)23-27-24(33-29-23)21-22(17-11-13-26-14-12-17)32(30-28-21)20-6-4-3-5-19(20)25/h3-14H,15H2,1-2H3. The van der Waals surface area contributed by atoms with Crippen LogP contribution in [0.15, 0.2) is 77.6 Å². The summed E-state index contributed by atoms with van der Waals surface area (Å²) in [5.41, 5.74) is 3.88. The first kappa shape index (κ1) is 20.7. The normalized spacial score (nSPS) is 11.3. The Labute approximate surface area is 189 Å². The molecule has 0 N–H and O–H groups in total. The molecule has 0 saturated carbocycles. The summed E-state index contributed by atoms with van der Waals surface area (Å²) in [6.45, 7) is 0.840. The Morgan fingerprint density at radius 2 is 1.70 bits per heavy atom. The molecule has 164 valence electrons. The fourth-order valence-corrected chi connectivity index (χ4v) is 3.55. The van der Waals surface area contributed by atoms with Crippen molar-refractivity contribution in [2.24, 2.45) is 0 Å². The van der Waals surface area contributed by atoms with Crippen molar-refractivity contribution in [2.75, 3.05) is 14.1 Å². The van der Waals surface area contributed by atoms with E-state index in [0.29, 0.717) is 17.2 Å². The van der Waals surface area contributed by atoms with E-state index in [4.69, 9.17) is 4.52 Å². The maximum Gasteiger partial charge on any atom is 0.281 e. The zero-order valence-corrected chi connectivity index (χ0v) is 18.1. The number of hydrogen-bond acceptors (Lipinski definition) is 7. The molecule has 0 aliphatic heterocycles. The predicted molar refractivity (Wildman–Crippen MR) is 121 cm³/mol. The van der Waals surface area contributed by atoms with Crippen molar-refractivity contribution < 1.29 is 8.91 Å². The molecule has 3 heterocycles. The zero-order chi connectivity index (χ0) is 22.8. The molecule has 5 aromatic rings. The van der Waals surface area contributed by atoms with Crippen LogP contribution in [-0.2, 0) is 6.54 Å². The molecule has 0 spiro atoms. The van der Waals surface area contributed by atoms with Crippen LogP contribution < -0.4 is 0 Å². The van der Waals surface area contributed by atoms with Gasteiger partial charge in [0.05, 0.1) is 0 Å². The number of halogens is 1. The summed E-state index contributed by atoms with van der Waals surface area (Å²) in [7, 11) is 4.04. The van der Waals surface area contributed by atoms with Gasteiger partial charge in [0.2, 0.25) is 5.82 Å². The number of nitrogens with zero attached hydrogens (tertiary/aromatic N) is 7. The van der Waals surface area contributed by atoms with Gasteiger partial charge in [0.1, 0.15) is 17.2 Å². The summed E-state index contributed by atoms with van der Waals surface area (Å²) in [5, 5.41) is 12.6. The van der Waals surface area contributed by atoms with Crippen LogP contribution in [0.1, 0.15) is 5.56 Å². The molecule has 0 atom stereocenters. The van der Waals surface area contributed by atoms with Gasteiger partial charge in [-0.05, 0) is 43.9 Å². The first-order valence-corrected chi connectivity index (χ1v) is 10.3. The molecule has 2 aromatic carbocycles. The molecule has 0 aliphatic rings. The van der Waals surface area contributed by atoms with E-state index in [-0.39, 0.29) is 11.6 Å². The van der Waals surface area contributed by atoms with Crippen molar-refractivity contribution in [1.82, 2.24) is 35.0 Å². The monoisotopic (exact) mass is 441 g/mol. The van der Waals surface area contributed by atoms with Gasteiger partial charge in [-0.1, -0.05) is 46.8 Å². The van der Waals surface area contributed by atoms with Crippen LogP contribution in [0.2, 0.25) is 0 Å². The second kappa shape index (κ2) is 8.71. The number of rotatable bonds is 6. The molecule has 5 rings (SSSR count). The van der Waals surface area contributed by atoms with Crippen LogP contribution in [0.25, 0.3) is 39.9 Å². The molecule has 0 radical (unpaired) electrons. The third kappa shape index (κ3) is 4.13. The third-order valence-corrected chi connectivity index (χ3v) is 5.04. The minimum Gasteiger partial charge on any atom is -0.332 e. The van der Waals surface area contributed by atoms with Gasteiger partial charge in [0.15, 0.2) is 5.69 Å². The van der Waals surface area contributed by atoms with Crippen LogP contribution in [0.3, 0.4) is 0 Å². The maximum absolute atomic E-state index is 14.6. The number of hydrogen-bond donors (Lipinski definition) is 0. The number of pyridine rings is 1. The summed E-state index contributed by atoms with van der Waals surface area (Å²) in [5.74, 6) is 0.201. The Balaban J connectivity index is 1.57. The van der Waals surface area contributed by atoms with Crippen molar-refractivity contribution in [3.63, 3.8) is 0 Å². The van der Waals surface area contributed by atoms with Crippen molar-refractivity contribution in [1.29, 1.82) is 0 Å². The molecule has 0 fully saturated rings. The minimum absolute atomic E-state index is 0.191. The second-order valence-electron chi connectivity index (χ2n) is 7.74. The van der Waals surface area contributed by atoms with E-state index in [1.54, 1.807) is 42.7 Å². The highest BCUT2D eigenvalue weighted by atomic mass is 19.1. The smallest absolute Gasteiger partial charge is 0.281 e. The van der Waals surface area contributed by atoms with E-state index in [1.807, 2.05) is 38.4 Å². The zero-order valence-electron chi connectivity index (χ0n) is 18.1. The lowest BCUT2D eigenvalue weighted by Crippen LogP contribution is -2.10. The molecular weight excluding hydrogens is 421 g/mol. The van der Waals surface area contributed by atoms with Gasteiger partial charge in [0, 0.05) is 30.1 Å². The first-order chi connectivity index (χ1) is 16.1. The van der Waals surface area contributed by atoms with Crippen molar-refractivity contribution >= 4 is 0 Å². The van der Waals surface area contributed by atoms with Gasteiger partial charge in [-0.2, -0.15) is 4.98 Å². The van der Waals surface area contributed by atoms with Gasteiger partial charge in [0.25, 0.3) is 5.89 Å². The van der Waals surface area contributed by atoms with Gasteiger partial charge in [-0.15, -0.1) is 5.10 Å². The van der Waals surface area contributed by atoms with E-state index in [0.717, 1.165) is 17.7 Å². The summed E-state index contributed by atoms with van der Waals surface area (Å²) < 4.78 is 21.5. The topological polar surface area (TPSA) is 85.8 Å². The van der Waals surface area contributed by atoms with Crippen LogP contribution >= 0.6 is 0 Å². The minimum atomic E-state index is -0.423. The Hall–Kier alpha value is -4.24. The van der Waals surface area contributed by atoms with Crippen LogP contribution in [-0.4, -0.2) is 49.1 Å². The Bertz CT molecular complexity index is 1380. The molecule has 0 unspecified atom stereocenters. The van der Waals surface area contributed by atoms with E-state index in [1.165, 1.54) is 16.3 Å². The fraction of sp³-hybridized carbons (Fsp3) is 0.125. The molecule has 0 aliphatic carbocycles. The Kier molecular flexibility index (Phi) is 5.45. The summed E-state index contributed by atoms with van der Waals surface area (Å²) in [4.78, 5) is 10.7. The maximum atomic E-state index is 14.6. The van der Waals surface area contributed by atoms with Crippen molar-refractivity contribution in [3.8, 4) is 39.9 Å². The number of benzene rings is 2. The highest BCUT2D eigenvalue weighted by Crippen LogP contribution is 2.32. The summed E-state index contributed by atoms with van der Waals surface area (Å²) in [6.07, 6.45) is 3.29. The molecular formula is C24H20FN7O. The lowest BCUT2D eigenvalue weighted by Gasteiger charge is -2.09. The average Bonchev–Trinajstić information content (AvgIpc) is 3.48.